The zero-order valence-corrected chi connectivity index (χ0v) is 15.0. The summed E-state index contributed by atoms with van der Waals surface area (Å²) in [6.07, 6.45) is 5.11. The molecule has 4 rings (SSSR count). The molecule has 0 atom stereocenters. The lowest BCUT2D eigenvalue weighted by Gasteiger charge is -2.04. The Morgan fingerprint density at radius 1 is 1.24 bits per heavy atom. The van der Waals surface area contributed by atoms with E-state index in [0.717, 1.165) is 32.3 Å². The summed E-state index contributed by atoms with van der Waals surface area (Å²) in [4.78, 5) is 15.7. The van der Waals surface area contributed by atoms with Crippen LogP contribution in [-0.2, 0) is 0 Å². The summed E-state index contributed by atoms with van der Waals surface area (Å²) in [5, 5.41) is 8.22. The van der Waals surface area contributed by atoms with Gasteiger partial charge in [0.05, 0.1) is 23.1 Å². The van der Waals surface area contributed by atoms with Crippen LogP contribution < -0.4 is 5.32 Å². The molecule has 6 heteroatoms. The van der Waals surface area contributed by atoms with Crippen molar-refractivity contribution in [2.45, 2.75) is 6.92 Å². The highest BCUT2D eigenvalue weighted by atomic mass is 79.9. The van der Waals surface area contributed by atoms with Gasteiger partial charge < -0.3 is 10.3 Å². The van der Waals surface area contributed by atoms with Gasteiger partial charge >= 0.3 is 0 Å². The number of amides is 1. The number of nitrogens with zero attached hydrogens (tertiary/aromatic N) is 2. The fraction of sp³-hybridized carbons (Fsp3) is 0.0526. The highest BCUT2D eigenvalue weighted by Gasteiger charge is 2.13. The minimum Gasteiger partial charge on any atom is -0.359 e. The summed E-state index contributed by atoms with van der Waals surface area (Å²) in [7, 11) is 0. The van der Waals surface area contributed by atoms with E-state index < -0.39 is 0 Å². The molecule has 5 nitrogen and oxygen atoms in total. The van der Waals surface area contributed by atoms with Crippen molar-refractivity contribution in [1.29, 1.82) is 0 Å². The zero-order chi connectivity index (χ0) is 17.4. The van der Waals surface area contributed by atoms with Gasteiger partial charge in [-0.2, -0.15) is 5.10 Å². The van der Waals surface area contributed by atoms with Gasteiger partial charge in [-0.05, 0) is 36.8 Å². The maximum Gasteiger partial charge on any atom is 0.258 e. The van der Waals surface area contributed by atoms with E-state index in [-0.39, 0.29) is 5.91 Å². The molecule has 0 bridgehead atoms. The molecule has 2 heterocycles. The van der Waals surface area contributed by atoms with Crippen molar-refractivity contribution in [1.82, 2.24) is 14.8 Å². The van der Waals surface area contributed by atoms with Crippen LogP contribution in [0.1, 0.15) is 15.9 Å². The molecule has 0 aliphatic rings. The number of benzene rings is 2. The highest BCUT2D eigenvalue weighted by Crippen LogP contribution is 2.26. The average molecular weight is 395 g/mol. The van der Waals surface area contributed by atoms with E-state index in [1.165, 1.54) is 0 Å². The van der Waals surface area contributed by atoms with Gasteiger partial charge in [0.25, 0.3) is 5.91 Å². The van der Waals surface area contributed by atoms with E-state index in [4.69, 9.17) is 0 Å². The molecular weight excluding hydrogens is 380 g/mol. The fourth-order valence-electron chi connectivity index (χ4n) is 2.79. The first-order chi connectivity index (χ1) is 12.1. The first-order valence-electron chi connectivity index (χ1n) is 7.80. The smallest absolute Gasteiger partial charge is 0.258 e. The summed E-state index contributed by atoms with van der Waals surface area (Å²) in [5.74, 6) is -0.191. The van der Waals surface area contributed by atoms with Crippen LogP contribution in [0.25, 0.3) is 16.6 Å². The molecule has 0 radical (unpaired) electrons. The van der Waals surface area contributed by atoms with E-state index in [1.807, 2.05) is 49.4 Å². The number of fused-ring (bicyclic) bond motifs is 1. The van der Waals surface area contributed by atoms with Crippen molar-refractivity contribution in [3.05, 3.63) is 76.7 Å². The summed E-state index contributed by atoms with van der Waals surface area (Å²) in [5.41, 5.74) is 4.27. The van der Waals surface area contributed by atoms with E-state index in [9.17, 15) is 4.79 Å². The van der Waals surface area contributed by atoms with Gasteiger partial charge in [-0.1, -0.05) is 34.1 Å². The van der Waals surface area contributed by atoms with Crippen LogP contribution in [0.2, 0.25) is 0 Å². The number of nitrogens with one attached hydrogen (secondary N) is 2. The first kappa shape index (κ1) is 15.7. The number of aromatic amines is 1. The molecule has 0 fully saturated rings. The minimum absolute atomic E-state index is 0.191. The van der Waals surface area contributed by atoms with Crippen LogP contribution >= 0.6 is 15.9 Å². The molecule has 4 aromatic rings. The number of hydrogen-bond acceptors (Lipinski definition) is 2. The van der Waals surface area contributed by atoms with Gasteiger partial charge in [0.15, 0.2) is 0 Å². The number of aryl methyl sites for hydroxylation is 1. The molecule has 0 spiro atoms. The SMILES string of the molecule is Cc1ccccc1-n1cc(C(=O)Nc2c[nH]c3cc(Br)ccc23)cn1. The average Bonchev–Trinajstić information content (AvgIpc) is 3.23. The Kier molecular flexibility index (Phi) is 3.89. The lowest BCUT2D eigenvalue weighted by atomic mass is 10.2. The number of carbonyl (C=O) groups is 1. The first-order valence-corrected chi connectivity index (χ1v) is 8.60. The number of anilines is 1. The van der Waals surface area contributed by atoms with Gasteiger partial charge in [-0.25, -0.2) is 4.68 Å². The van der Waals surface area contributed by atoms with Crippen molar-refractivity contribution < 1.29 is 4.79 Å². The number of rotatable bonds is 3. The van der Waals surface area contributed by atoms with E-state index in [0.29, 0.717) is 5.56 Å². The van der Waals surface area contributed by atoms with Gasteiger partial charge in [0, 0.05) is 27.8 Å². The van der Waals surface area contributed by atoms with Crippen LogP contribution in [0, 0.1) is 6.92 Å². The van der Waals surface area contributed by atoms with Crippen LogP contribution in [0.15, 0.2) is 65.5 Å². The lowest BCUT2D eigenvalue weighted by molar-refractivity contribution is 0.102. The predicted molar refractivity (Wildman–Crippen MR) is 102 cm³/mol. The molecule has 0 saturated heterocycles. The third kappa shape index (κ3) is 2.96. The third-order valence-corrected chi connectivity index (χ3v) is 4.59. The Morgan fingerprint density at radius 2 is 2.08 bits per heavy atom. The molecule has 0 aliphatic heterocycles. The van der Waals surface area contributed by atoms with Gasteiger partial charge in [-0.15, -0.1) is 0 Å². The molecule has 2 aromatic heterocycles. The lowest BCUT2D eigenvalue weighted by Crippen LogP contribution is -2.10. The molecule has 25 heavy (non-hydrogen) atoms. The quantitative estimate of drug-likeness (QED) is 0.529. The number of halogens is 1. The van der Waals surface area contributed by atoms with Crippen molar-refractivity contribution in [2.24, 2.45) is 0 Å². The summed E-state index contributed by atoms with van der Waals surface area (Å²) < 4.78 is 2.70. The Labute approximate surface area is 152 Å². The zero-order valence-electron chi connectivity index (χ0n) is 13.5. The number of H-pyrrole nitrogens is 1. The molecular formula is C19H15BrN4O. The van der Waals surface area contributed by atoms with Gasteiger partial charge in [-0.3, -0.25) is 4.79 Å². The van der Waals surface area contributed by atoms with E-state index in [2.05, 4.69) is 31.3 Å². The highest BCUT2D eigenvalue weighted by molar-refractivity contribution is 9.10. The number of aromatic nitrogens is 3. The van der Waals surface area contributed by atoms with Crippen LogP contribution in [-0.4, -0.2) is 20.7 Å². The summed E-state index contributed by atoms with van der Waals surface area (Å²) >= 11 is 3.44. The normalized spacial score (nSPS) is 11.0. The Hall–Kier alpha value is -2.86. The molecule has 2 N–H and O–H groups in total. The Morgan fingerprint density at radius 3 is 2.92 bits per heavy atom. The number of hydrogen-bond donors (Lipinski definition) is 2. The fourth-order valence-corrected chi connectivity index (χ4v) is 3.15. The molecule has 0 unspecified atom stereocenters. The van der Waals surface area contributed by atoms with Crippen LogP contribution in [0.5, 0.6) is 0 Å². The number of para-hydroxylation sites is 1. The van der Waals surface area contributed by atoms with Crippen LogP contribution in [0.4, 0.5) is 5.69 Å². The van der Waals surface area contributed by atoms with Crippen molar-refractivity contribution >= 4 is 38.4 Å². The van der Waals surface area contributed by atoms with Crippen molar-refractivity contribution in [3.63, 3.8) is 0 Å². The monoisotopic (exact) mass is 394 g/mol. The second-order valence-electron chi connectivity index (χ2n) is 5.81. The van der Waals surface area contributed by atoms with Gasteiger partial charge in [0.2, 0.25) is 0 Å². The standard InChI is InChI=1S/C19H15BrN4O/c1-12-4-2-3-5-18(12)24-11-13(9-22-24)19(25)23-17-10-21-16-8-14(20)6-7-15(16)17/h2-11,21H,1H3,(H,23,25). The maximum atomic E-state index is 12.6. The largest absolute Gasteiger partial charge is 0.359 e. The summed E-state index contributed by atoms with van der Waals surface area (Å²) in [6.45, 7) is 2.01. The topological polar surface area (TPSA) is 62.7 Å². The van der Waals surface area contributed by atoms with E-state index >= 15 is 0 Å². The molecule has 0 aliphatic carbocycles. The Balaban J connectivity index is 1.60. The van der Waals surface area contributed by atoms with E-state index in [1.54, 1.807) is 23.3 Å². The minimum atomic E-state index is -0.191. The predicted octanol–water partition coefficient (Wildman–Crippen LogP) is 4.68. The molecule has 124 valence electrons. The van der Waals surface area contributed by atoms with Crippen molar-refractivity contribution in [2.75, 3.05) is 5.32 Å². The second-order valence-corrected chi connectivity index (χ2v) is 6.72. The molecule has 2 aromatic carbocycles. The summed E-state index contributed by atoms with van der Waals surface area (Å²) in [6, 6.07) is 13.8. The van der Waals surface area contributed by atoms with Gasteiger partial charge in [0.1, 0.15) is 0 Å². The molecule has 0 saturated carbocycles. The maximum absolute atomic E-state index is 12.6. The second kappa shape index (κ2) is 6.22. The molecule has 1 amide bonds. The van der Waals surface area contributed by atoms with Crippen molar-refractivity contribution in [3.8, 4) is 5.69 Å². The van der Waals surface area contributed by atoms with Crippen LogP contribution in [0.3, 0.4) is 0 Å². The number of carbonyl (C=O) groups excluding carboxylic acids is 1. The third-order valence-electron chi connectivity index (χ3n) is 4.10. The Bertz CT molecular complexity index is 1080.